The third-order valence-corrected chi connectivity index (χ3v) is 2.49. The van der Waals surface area contributed by atoms with E-state index in [1.807, 2.05) is 13.8 Å². The molecule has 0 N–H and O–H groups in total. The first-order chi connectivity index (χ1) is 6.77. The van der Waals surface area contributed by atoms with Crippen LogP contribution in [0.5, 0.6) is 0 Å². The van der Waals surface area contributed by atoms with Crippen LogP contribution < -0.4 is 0 Å². The van der Waals surface area contributed by atoms with E-state index < -0.39 is 0 Å². The van der Waals surface area contributed by atoms with Crippen LogP contribution in [0.1, 0.15) is 19.4 Å². The monoisotopic (exact) mass is 250 g/mol. The summed E-state index contributed by atoms with van der Waals surface area (Å²) in [6.07, 6.45) is 0. The highest BCUT2D eigenvalue weighted by Crippen LogP contribution is 2.23. The van der Waals surface area contributed by atoms with Crippen molar-refractivity contribution in [3.63, 3.8) is 0 Å². The first-order valence-corrected chi connectivity index (χ1v) is 5.71. The lowest BCUT2D eigenvalue weighted by atomic mass is 10.1. The summed E-state index contributed by atoms with van der Waals surface area (Å²) in [5.74, 6) is 0. The van der Waals surface area contributed by atoms with Gasteiger partial charge in [0.15, 0.2) is 0 Å². The Morgan fingerprint density at radius 2 is 1.64 bits per heavy atom. The highest BCUT2D eigenvalue weighted by atomic mass is 79.9. The molecule has 2 aromatic carbocycles. The van der Waals surface area contributed by atoms with Crippen molar-refractivity contribution in [1.82, 2.24) is 0 Å². The molecule has 0 atom stereocenters. The zero-order valence-electron chi connectivity index (χ0n) is 8.84. The molecule has 0 aliphatic rings. The Morgan fingerprint density at radius 1 is 1.00 bits per heavy atom. The molecule has 0 unspecified atom stereocenters. The normalized spacial score (nSPS) is 9.43. The van der Waals surface area contributed by atoms with Crippen LogP contribution in [0.15, 0.2) is 40.9 Å². The number of rotatable bonds is 0. The van der Waals surface area contributed by atoms with Crippen molar-refractivity contribution in [1.29, 1.82) is 0 Å². The van der Waals surface area contributed by atoms with Crippen LogP contribution in [0.3, 0.4) is 0 Å². The van der Waals surface area contributed by atoms with Gasteiger partial charge in [0.1, 0.15) is 0 Å². The van der Waals surface area contributed by atoms with E-state index in [1.54, 1.807) is 0 Å². The maximum absolute atomic E-state index is 3.48. The van der Waals surface area contributed by atoms with Gasteiger partial charge in [0.2, 0.25) is 0 Å². The molecule has 0 nitrogen and oxygen atoms in total. The molecule has 0 bridgehead atoms. The number of halogens is 1. The molecule has 0 aromatic heterocycles. The fraction of sp³-hybridized carbons (Fsp3) is 0.231. The molecule has 0 saturated carbocycles. The lowest BCUT2D eigenvalue weighted by Gasteiger charge is -2.01. The second-order valence-electron chi connectivity index (χ2n) is 2.94. The Morgan fingerprint density at radius 3 is 2.36 bits per heavy atom. The summed E-state index contributed by atoms with van der Waals surface area (Å²) in [4.78, 5) is 0. The van der Waals surface area contributed by atoms with Crippen molar-refractivity contribution in [2.24, 2.45) is 0 Å². The van der Waals surface area contributed by atoms with Gasteiger partial charge >= 0.3 is 0 Å². The van der Waals surface area contributed by atoms with Gasteiger partial charge < -0.3 is 0 Å². The van der Waals surface area contributed by atoms with Crippen molar-refractivity contribution < 1.29 is 0 Å². The summed E-state index contributed by atoms with van der Waals surface area (Å²) in [6.45, 7) is 6.13. The first-order valence-electron chi connectivity index (χ1n) is 4.92. The molecule has 14 heavy (non-hydrogen) atoms. The first kappa shape index (κ1) is 11.3. The van der Waals surface area contributed by atoms with E-state index in [1.165, 1.54) is 16.3 Å². The van der Waals surface area contributed by atoms with Crippen LogP contribution in [-0.2, 0) is 0 Å². The molecule has 2 aromatic rings. The van der Waals surface area contributed by atoms with Gasteiger partial charge in [0.25, 0.3) is 0 Å². The summed E-state index contributed by atoms with van der Waals surface area (Å²) in [7, 11) is 0. The van der Waals surface area contributed by atoms with Crippen molar-refractivity contribution in [3.05, 3.63) is 46.4 Å². The van der Waals surface area contributed by atoms with Crippen molar-refractivity contribution in [2.75, 3.05) is 0 Å². The molecular formula is C13H15Br. The topological polar surface area (TPSA) is 0 Å². The molecule has 0 aliphatic heterocycles. The van der Waals surface area contributed by atoms with E-state index in [0.29, 0.717) is 0 Å². The number of fused-ring (bicyclic) bond motifs is 1. The second-order valence-corrected chi connectivity index (χ2v) is 3.86. The summed E-state index contributed by atoms with van der Waals surface area (Å²) in [5, 5.41) is 2.63. The molecule has 0 heterocycles. The predicted octanol–water partition coefficient (Wildman–Crippen LogP) is 4.94. The van der Waals surface area contributed by atoms with Crippen molar-refractivity contribution >= 4 is 26.7 Å². The lowest BCUT2D eigenvalue weighted by molar-refractivity contribution is 1.50. The van der Waals surface area contributed by atoms with E-state index in [9.17, 15) is 0 Å². The van der Waals surface area contributed by atoms with Gasteiger partial charge in [-0.15, -0.1) is 0 Å². The van der Waals surface area contributed by atoms with Gasteiger partial charge in [-0.3, -0.25) is 0 Å². The Bertz CT molecular complexity index is 419. The summed E-state index contributed by atoms with van der Waals surface area (Å²) >= 11 is 3.48. The van der Waals surface area contributed by atoms with Gasteiger partial charge in [-0.1, -0.05) is 54.0 Å². The second kappa shape index (κ2) is 5.16. The van der Waals surface area contributed by atoms with E-state index in [4.69, 9.17) is 0 Å². The van der Waals surface area contributed by atoms with Crippen LogP contribution >= 0.6 is 15.9 Å². The van der Waals surface area contributed by atoms with Gasteiger partial charge in [-0.05, 0) is 35.4 Å². The highest BCUT2D eigenvalue weighted by molar-refractivity contribution is 9.10. The number of hydrogen-bond donors (Lipinski definition) is 0. The SMILES string of the molecule is CC.Cc1cc(Br)cc2ccccc12. The van der Waals surface area contributed by atoms with Gasteiger partial charge in [-0.25, -0.2) is 0 Å². The third-order valence-electron chi connectivity index (χ3n) is 2.03. The lowest BCUT2D eigenvalue weighted by Crippen LogP contribution is -1.77. The Balaban J connectivity index is 0.000000461. The predicted molar refractivity (Wildman–Crippen MR) is 67.7 cm³/mol. The van der Waals surface area contributed by atoms with Crippen LogP contribution in [0.25, 0.3) is 10.8 Å². The molecule has 0 fully saturated rings. The third kappa shape index (κ3) is 2.36. The smallest absolute Gasteiger partial charge is 0.0184 e. The minimum atomic E-state index is 1.15. The Hall–Kier alpha value is -0.820. The van der Waals surface area contributed by atoms with Crippen molar-refractivity contribution in [2.45, 2.75) is 20.8 Å². The summed E-state index contributed by atoms with van der Waals surface area (Å²) in [5.41, 5.74) is 1.32. The molecule has 1 heteroatoms. The zero-order valence-corrected chi connectivity index (χ0v) is 10.4. The zero-order chi connectivity index (χ0) is 10.6. The van der Waals surface area contributed by atoms with Crippen molar-refractivity contribution in [3.8, 4) is 0 Å². The highest BCUT2D eigenvalue weighted by Gasteiger charge is 1.96. The van der Waals surface area contributed by atoms with Crippen LogP contribution in [0.4, 0.5) is 0 Å². The molecule has 2 rings (SSSR count). The van der Waals surface area contributed by atoms with Gasteiger partial charge in [0.05, 0.1) is 0 Å². The minimum absolute atomic E-state index is 1.15. The van der Waals surface area contributed by atoms with E-state index in [0.717, 1.165) is 4.47 Å². The average Bonchev–Trinajstić information content (AvgIpc) is 2.20. The standard InChI is InChI=1S/C11H9Br.C2H6/c1-8-6-10(12)7-9-4-2-3-5-11(8)9;1-2/h2-7H,1H3;1-2H3. The van der Waals surface area contributed by atoms with Crippen LogP contribution in [-0.4, -0.2) is 0 Å². The quantitative estimate of drug-likeness (QED) is 0.622. The van der Waals surface area contributed by atoms with Crippen LogP contribution in [0.2, 0.25) is 0 Å². The molecule has 74 valence electrons. The summed E-state index contributed by atoms with van der Waals surface area (Å²) in [6, 6.07) is 12.7. The molecule has 0 radical (unpaired) electrons. The maximum atomic E-state index is 3.48. The van der Waals surface area contributed by atoms with Gasteiger partial charge in [0, 0.05) is 4.47 Å². The van der Waals surface area contributed by atoms with Crippen LogP contribution in [0, 0.1) is 6.92 Å². The van der Waals surface area contributed by atoms with E-state index in [2.05, 4.69) is 59.3 Å². The molecule has 0 saturated heterocycles. The fourth-order valence-corrected chi connectivity index (χ4v) is 2.05. The largest absolute Gasteiger partial charge is 0.0683 e. The number of aryl methyl sites for hydroxylation is 1. The molecule has 0 spiro atoms. The maximum Gasteiger partial charge on any atom is 0.0184 e. The number of hydrogen-bond acceptors (Lipinski definition) is 0. The van der Waals surface area contributed by atoms with E-state index >= 15 is 0 Å². The summed E-state index contributed by atoms with van der Waals surface area (Å²) < 4.78 is 1.15. The number of benzene rings is 2. The average molecular weight is 251 g/mol. The molecule has 0 amide bonds. The molecular weight excluding hydrogens is 236 g/mol. The van der Waals surface area contributed by atoms with Gasteiger partial charge in [-0.2, -0.15) is 0 Å². The Labute approximate surface area is 94.1 Å². The fourth-order valence-electron chi connectivity index (χ4n) is 1.46. The Kier molecular flexibility index (Phi) is 4.15. The molecule has 0 aliphatic carbocycles. The minimum Gasteiger partial charge on any atom is -0.0683 e. The van der Waals surface area contributed by atoms with E-state index in [-0.39, 0.29) is 0 Å².